The third kappa shape index (κ3) is 4.88. The number of fused-ring (bicyclic) bond motifs is 1. The molecule has 0 bridgehead atoms. The summed E-state index contributed by atoms with van der Waals surface area (Å²) < 4.78 is 6.82. The predicted octanol–water partition coefficient (Wildman–Crippen LogP) is 5.21. The number of benzene rings is 3. The Bertz CT molecular complexity index is 1260. The molecule has 164 valence electrons. The molecule has 0 spiro atoms. The normalized spacial score (nSPS) is 12.0. The average Bonchev–Trinajstić information content (AvgIpc) is 3.16. The molecule has 8 heteroatoms. The molecule has 6 nitrogen and oxygen atoms in total. The van der Waals surface area contributed by atoms with Crippen molar-refractivity contribution in [3.8, 4) is 5.75 Å². The number of ether oxygens (including phenoxy) is 1. The van der Waals surface area contributed by atoms with E-state index in [0.717, 1.165) is 16.5 Å². The number of hydrogen-bond acceptors (Lipinski definition) is 4. The molecule has 0 unspecified atom stereocenters. The number of aliphatic hydroxyl groups is 1. The first-order valence-electron chi connectivity index (χ1n) is 9.98. The summed E-state index contributed by atoms with van der Waals surface area (Å²) in [4.78, 5) is 13.2. The summed E-state index contributed by atoms with van der Waals surface area (Å²) in [5.74, 6) is 0.296. The van der Waals surface area contributed by atoms with E-state index in [4.69, 9.17) is 33.0 Å². The lowest BCUT2D eigenvalue weighted by Crippen LogP contribution is -2.27. The first kappa shape index (κ1) is 22.1. The predicted molar refractivity (Wildman–Crippen MR) is 125 cm³/mol. The average molecular weight is 470 g/mol. The molecule has 0 saturated carbocycles. The number of rotatable bonds is 7. The molecule has 1 aromatic heterocycles. The fourth-order valence-corrected chi connectivity index (χ4v) is 4.02. The molecular weight excluding hydrogens is 449 g/mol. The smallest absolute Gasteiger partial charge is 0.254 e. The van der Waals surface area contributed by atoms with Gasteiger partial charge in [-0.1, -0.05) is 47.5 Å². The van der Waals surface area contributed by atoms with Crippen molar-refractivity contribution in [1.82, 2.24) is 15.1 Å². The van der Waals surface area contributed by atoms with Crippen molar-refractivity contribution in [2.45, 2.75) is 19.5 Å². The molecule has 1 amide bonds. The van der Waals surface area contributed by atoms with E-state index in [1.54, 1.807) is 35.1 Å². The zero-order chi connectivity index (χ0) is 22.7. The summed E-state index contributed by atoms with van der Waals surface area (Å²) in [5, 5.41) is 18.2. The molecule has 2 N–H and O–H groups in total. The molecule has 4 rings (SSSR count). The second-order valence-electron chi connectivity index (χ2n) is 7.36. The van der Waals surface area contributed by atoms with Gasteiger partial charge in [-0.25, -0.2) is 0 Å². The summed E-state index contributed by atoms with van der Waals surface area (Å²) in [6, 6.07) is 17.9. The van der Waals surface area contributed by atoms with Gasteiger partial charge in [-0.2, -0.15) is 5.10 Å². The van der Waals surface area contributed by atoms with Crippen LogP contribution in [0.15, 0.2) is 66.9 Å². The van der Waals surface area contributed by atoms with Crippen molar-refractivity contribution in [3.63, 3.8) is 0 Å². The van der Waals surface area contributed by atoms with Gasteiger partial charge in [-0.3, -0.25) is 9.48 Å². The van der Waals surface area contributed by atoms with Gasteiger partial charge in [-0.15, -0.1) is 0 Å². The summed E-state index contributed by atoms with van der Waals surface area (Å²) in [5.41, 5.74) is 3.02. The molecule has 4 aromatic rings. The van der Waals surface area contributed by atoms with Crippen LogP contribution in [0.3, 0.4) is 0 Å². The van der Waals surface area contributed by atoms with E-state index < -0.39 is 0 Å². The SMILES string of the molecule is C[C@H](NC(=O)c1cc(Cl)cc2cnn(Cc3cccc(Cl)c3)c12)c1ccc(OCO)cc1. The van der Waals surface area contributed by atoms with Crippen LogP contribution in [-0.4, -0.2) is 27.6 Å². The van der Waals surface area contributed by atoms with E-state index in [9.17, 15) is 4.79 Å². The lowest BCUT2D eigenvalue weighted by molar-refractivity contribution is 0.0941. The third-order valence-corrected chi connectivity index (χ3v) is 5.58. The van der Waals surface area contributed by atoms with Gasteiger partial charge in [0.25, 0.3) is 5.91 Å². The number of halogens is 2. The van der Waals surface area contributed by atoms with Crippen LogP contribution < -0.4 is 10.1 Å². The zero-order valence-corrected chi connectivity index (χ0v) is 18.8. The highest BCUT2D eigenvalue weighted by molar-refractivity contribution is 6.32. The second kappa shape index (κ2) is 9.61. The molecule has 0 aliphatic rings. The first-order valence-corrected chi connectivity index (χ1v) is 10.7. The highest BCUT2D eigenvalue weighted by Gasteiger charge is 2.19. The maximum Gasteiger partial charge on any atom is 0.254 e. The first-order chi connectivity index (χ1) is 15.4. The van der Waals surface area contributed by atoms with Gasteiger partial charge in [0.2, 0.25) is 0 Å². The quantitative estimate of drug-likeness (QED) is 0.364. The Morgan fingerprint density at radius 2 is 1.91 bits per heavy atom. The number of aliphatic hydroxyl groups excluding tert-OH is 1. The van der Waals surface area contributed by atoms with Crippen molar-refractivity contribution in [2.24, 2.45) is 0 Å². The lowest BCUT2D eigenvalue weighted by Gasteiger charge is -2.16. The third-order valence-electron chi connectivity index (χ3n) is 5.12. The number of carbonyl (C=O) groups excluding carboxylic acids is 1. The molecule has 1 atom stereocenters. The minimum absolute atomic E-state index is 0.256. The Hall–Kier alpha value is -3.06. The minimum atomic E-state index is -0.390. The van der Waals surface area contributed by atoms with Gasteiger partial charge >= 0.3 is 0 Å². The Balaban J connectivity index is 1.62. The van der Waals surface area contributed by atoms with Gasteiger partial charge in [0.15, 0.2) is 6.79 Å². The topological polar surface area (TPSA) is 76.4 Å². The van der Waals surface area contributed by atoms with Crippen molar-refractivity contribution >= 4 is 40.0 Å². The van der Waals surface area contributed by atoms with Crippen molar-refractivity contribution in [2.75, 3.05) is 6.79 Å². The zero-order valence-electron chi connectivity index (χ0n) is 17.3. The van der Waals surface area contributed by atoms with Crippen molar-refractivity contribution in [3.05, 3.63) is 93.6 Å². The standard InChI is InChI=1S/C24H21Cl2N3O3/c1-15(17-5-7-21(8-6-17)32-14-30)28-24(31)22-11-20(26)10-18-12-27-29(23(18)22)13-16-3-2-4-19(25)9-16/h2-12,15,30H,13-14H2,1H3,(H,28,31)/t15-/m0/s1. The maximum absolute atomic E-state index is 13.2. The second-order valence-corrected chi connectivity index (χ2v) is 8.23. The van der Waals surface area contributed by atoms with Crippen molar-refractivity contribution in [1.29, 1.82) is 0 Å². The Morgan fingerprint density at radius 1 is 1.12 bits per heavy atom. The molecule has 1 heterocycles. The van der Waals surface area contributed by atoms with E-state index in [-0.39, 0.29) is 18.7 Å². The van der Waals surface area contributed by atoms with E-state index in [1.807, 2.05) is 43.3 Å². The lowest BCUT2D eigenvalue weighted by atomic mass is 10.1. The van der Waals surface area contributed by atoms with Crippen LogP contribution in [-0.2, 0) is 6.54 Å². The number of nitrogens with zero attached hydrogens (tertiary/aromatic N) is 2. The van der Waals surface area contributed by atoms with Crippen LogP contribution >= 0.6 is 23.2 Å². The van der Waals surface area contributed by atoms with Gasteiger partial charge in [-0.05, 0) is 54.4 Å². The summed E-state index contributed by atoms with van der Waals surface area (Å²) in [7, 11) is 0. The minimum Gasteiger partial charge on any atom is -0.468 e. The summed E-state index contributed by atoms with van der Waals surface area (Å²) in [6.45, 7) is 1.97. The molecule has 0 fully saturated rings. The van der Waals surface area contributed by atoms with Gasteiger partial charge < -0.3 is 15.2 Å². The van der Waals surface area contributed by atoms with Gasteiger partial charge in [0, 0.05) is 15.4 Å². The van der Waals surface area contributed by atoms with E-state index in [0.29, 0.717) is 33.4 Å². The Kier molecular flexibility index (Phi) is 6.65. The summed E-state index contributed by atoms with van der Waals surface area (Å²) >= 11 is 12.4. The number of hydrogen-bond donors (Lipinski definition) is 2. The monoisotopic (exact) mass is 469 g/mol. The van der Waals surface area contributed by atoms with Crippen LogP contribution in [0, 0.1) is 0 Å². The number of aromatic nitrogens is 2. The Labute approximate surface area is 195 Å². The highest BCUT2D eigenvalue weighted by Crippen LogP contribution is 2.26. The van der Waals surface area contributed by atoms with E-state index in [2.05, 4.69) is 10.4 Å². The van der Waals surface area contributed by atoms with Crippen LogP contribution in [0.4, 0.5) is 0 Å². The fraction of sp³-hybridized carbons (Fsp3) is 0.167. The molecule has 0 saturated heterocycles. The number of carbonyl (C=O) groups is 1. The molecule has 0 aliphatic heterocycles. The molecular formula is C24H21Cl2N3O3. The molecule has 0 radical (unpaired) electrons. The largest absolute Gasteiger partial charge is 0.468 e. The maximum atomic E-state index is 13.2. The Morgan fingerprint density at radius 3 is 2.62 bits per heavy atom. The van der Waals surface area contributed by atoms with Crippen LogP contribution in [0.2, 0.25) is 10.0 Å². The number of nitrogens with one attached hydrogen (secondary N) is 1. The van der Waals surface area contributed by atoms with Crippen LogP contribution in [0.1, 0.15) is 34.5 Å². The van der Waals surface area contributed by atoms with Crippen LogP contribution in [0.5, 0.6) is 5.75 Å². The van der Waals surface area contributed by atoms with E-state index in [1.165, 1.54) is 0 Å². The van der Waals surface area contributed by atoms with Crippen LogP contribution in [0.25, 0.3) is 10.9 Å². The summed E-state index contributed by atoms with van der Waals surface area (Å²) in [6.07, 6.45) is 1.70. The van der Waals surface area contributed by atoms with Gasteiger partial charge in [0.05, 0.1) is 29.9 Å². The van der Waals surface area contributed by atoms with Crippen molar-refractivity contribution < 1.29 is 14.6 Å². The highest BCUT2D eigenvalue weighted by atomic mass is 35.5. The van der Waals surface area contributed by atoms with Gasteiger partial charge in [0.1, 0.15) is 5.75 Å². The van der Waals surface area contributed by atoms with E-state index >= 15 is 0 Å². The molecule has 3 aromatic carbocycles. The molecule has 0 aliphatic carbocycles. The fourth-order valence-electron chi connectivity index (χ4n) is 3.58. The number of amides is 1. The molecule has 32 heavy (non-hydrogen) atoms.